The molecule has 3 rings (SSSR count). The molecule has 1 aromatic carbocycles. The third-order valence-electron chi connectivity index (χ3n) is 3.79. The van der Waals surface area contributed by atoms with Crippen LogP contribution in [0.3, 0.4) is 0 Å². The van der Waals surface area contributed by atoms with Gasteiger partial charge in [-0.2, -0.15) is 4.98 Å². The molecule has 0 amide bonds. The summed E-state index contributed by atoms with van der Waals surface area (Å²) in [5.41, 5.74) is 7.98. The summed E-state index contributed by atoms with van der Waals surface area (Å²) in [5.74, 6) is 1.21. The van der Waals surface area contributed by atoms with E-state index in [1.807, 2.05) is 6.92 Å². The number of aryl methyl sites for hydroxylation is 1. The van der Waals surface area contributed by atoms with E-state index < -0.39 is 0 Å². The number of thioether (sulfide) groups is 1. The quantitative estimate of drug-likeness (QED) is 0.872. The fourth-order valence-corrected chi connectivity index (χ4v) is 2.71. The molecule has 1 aliphatic rings. The van der Waals surface area contributed by atoms with E-state index in [9.17, 15) is 0 Å². The van der Waals surface area contributed by atoms with Crippen LogP contribution in [0, 0.1) is 6.92 Å². The molecule has 4 nitrogen and oxygen atoms in total. The maximum Gasteiger partial charge on any atom is 0.258 e. The third-order valence-corrected chi connectivity index (χ3v) is 4.52. The molecule has 0 saturated heterocycles. The van der Waals surface area contributed by atoms with Crippen molar-refractivity contribution in [3.63, 3.8) is 0 Å². The van der Waals surface area contributed by atoms with Gasteiger partial charge in [0.15, 0.2) is 5.82 Å². The van der Waals surface area contributed by atoms with Crippen LogP contribution in [0.25, 0.3) is 11.5 Å². The van der Waals surface area contributed by atoms with Crippen molar-refractivity contribution in [1.29, 1.82) is 0 Å². The minimum atomic E-state index is -0.368. The first-order valence-corrected chi connectivity index (χ1v) is 7.63. The summed E-state index contributed by atoms with van der Waals surface area (Å²) in [6, 6.07) is 6.25. The summed E-state index contributed by atoms with van der Waals surface area (Å²) < 4.78 is 5.40. The van der Waals surface area contributed by atoms with Crippen molar-refractivity contribution in [1.82, 2.24) is 10.1 Å². The first kappa shape index (κ1) is 12.7. The van der Waals surface area contributed by atoms with E-state index in [-0.39, 0.29) is 5.54 Å². The SMILES string of the molecule is CSc1ccc(C)c(-c2nc(C3(N)CCC3)no2)c1. The van der Waals surface area contributed by atoms with Gasteiger partial charge in [-0.05, 0) is 50.1 Å². The average molecular weight is 275 g/mol. The summed E-state index contributed by atoms with van der Waals surface area (Å²) in [7, 11) is 0. The summed E-state index contributed by atoms with van der Waals surface area (Å²) >= 11 is 1.70. The standard InChI is InChI=1S/C14H17N3OS/c1-9-4-5-10(19-2)8-11(9)12-16-13(17-18-12)14(15)6-3-7-14/h4-5,8H,3,6-7,15H2,1-2H3. The molecule has 0 spiro atoms. The molecule has 0 unspecified atom stereocenters. The lowest BCUT2D eigenvalue weighted by Crippen LogP contribution is -2.44. The second-order valence-corrected chi connectivity index (χ2v) is 5.99. The van der Waals surface area contributed by atoms with E-state index in [1.54, 1.807) is 11.8 Å². The number of rotatable bonds is 3. The van der Waals surface area contributed by atoms with Crippen LogP contribution in [0.15, 0.2) is 27.6 Å². The van der Waals surface area contributed by atoms with Gasteiger partial charge in [-0.15, -0.1) is 11.8 Å². The first-order chi connectivity index (χ1) is 9.12. The van der Waals surface area contributed by atoms with Gasteiger partial charge in [0, 0.05) is 10.5 Å². The zero-order valence-electron chi connectivity index (χ0n) is 11.1. The van der Waals surface area contributed by atoms with Gasteiger partial charge in [0.05, 0.1) is 5.54 Å². The third kappa shape index (κ3) is 2.17. The Morgan fingerprint density at radius 1 is 1.37 bits per heavy atom. The Morgan fingerprint density at radius 3 is 2.79 bits per heavy atom. The number of benzene rings is 1. The largest absolute Gasteiger partial charge is 0.334 e. The highest BCUT2D eigenvalue weighted by atomic mass is 32.2. The predicted octanol–water partition coefficient (Wildman–Crippen LogP) is 3.10. The second kappa shape index (κ2) is 4.65. The number of nitrogens with two attached hydrogens (primary N) is 1. The summed E-state index contributed by atoms with van der Waals surface area (Å²) in [5, 5.41) is 4.07. The number of hydrogen-bond donors (Lipinski definition) is 1. The van der Waals surface area contributed by atoms with Crippen molar-refractivity contribution in [3.8, 4) is 11.5 Å². The molecule has 1 saturated carbocycles. The topological polar surface area (TPSA) is 64.9 Å². The molecule has 0 aliphatic heterocycles. The molecule has 1 heterocycles. The minimum absolute atomic E-state index is 0.368. The zero-order valence-corrected chi connectivity index (χ0v) is 12.0. The molecule has 19 heavy (non-hydrogen) atoms. The van der Waals surface area contributed by atoms with Gasteiger partial charge in [0.25, 0.3) is 5.89 Å². The van der Waals surface area contributed by atoms with Crippen molar-refractivity contribution in [2.45, 2.75) is 36.6 Å². The predicted molar refractivity (Wildman–Crippen MR) is 76.0 cm³/mol. The van der Waals surface area contributed by atoms with Crippen molar-refractivity contribution in [2.75, 3.05) is 6.26 Å². The monoisotopic (exact) mass is 275 g/mol. The molecule has 2 N–H and O–H groups in total. The van der Waals surface area contributed by atoms with E-state index in [0.29, 0.717) is 11.7 Å². The molecule has 2 aromatic rings. The van der Waals surface area contributed by atoms with Crippen molar-refractivity contribution < 1.29 is 4.52 Å². The fraction of sp³-hybridized carbons (Fsp3) is 0.429. The Morgan fingerprint density at radius 2 is 2.16 bits per heavy atom. The summed E-state index contributed by atoms with van der Waals surface area (Å²) in [6.45, 7) is 2.05. The lowest BCUT2D eigenvalue weighted by atomic mass is 9.77. The molecular formula is C14H17N3OS. The van der Waals surface area contributed by atoms with E-state index in [1.165, 1.54) is 4.90 Å². The molecule has 100 valence electrons. The van der Waals surface area contributed by atoms with Gasteiger partial charge in [0.2, 0.25) is 0 Å². The molecule has 1 aliphatic carbocycles. The first-order valence-electron chi connectivity index (χ1n) is 6.40. The number of aromatic nitrogens is 2. The van der Waals surface area contributed by atoms with Gasteiger partial charge >= 0.3 is 0 Å². The van der Waals surface area contributed by atoms with Gasteiger partial charge in [-0.25, -0.2) is 0 Å². The van der Waals surface area contributed by atoms with Crippen LogP contribution < -0.4 is 5.73 Å². The molecule has 5 heteroatoms. The maximum absolute atomic E-state index is 6.22. The highest BCUT2D eigenvalue weighted by Gasteiger charge is 2.39. The van der Waals surface area contributed by atoms with Gasteiger partial charge in [-0.3, -0.25) is 0 Å². The van der Waals surface area contributed by atoms with Crippen LogP contribution in [0.5, 0.6) is 0 Å². The highest BCUT2D eigenvalue weighted by molar-refractivity contribution is 7.98. The Labute approximate surface area is 116 Å². The van der Waals surface area contributed by atoms with Gasteiger partial charge in [0.1, 0.15) is 0 Å². The Balaban J connectivity index is 1.98. The molecule has 1 fully saturated rings. The van der Waals surface area contributed by atoms with Crippen LogP contribution in [0.1, 0.15) is 30.7 Å². The molecule has 0 atom stereocenters. The minimum Gasteiger partial charge on any atom is -0.334 e. The van der Waals surface area contributed by atoms with Crippen LogP contribution in [-0.4, -0.2) is 16.4 Å². The van der Waals surface area contributed by atoms with Crippen LogP contribution in [0.2, 0.25) is 0 Å². The van der Waals surface area contributed by atoms with Crippen LogP contribution in [0.4, 0.5) is 0 Å². The lowest BCUT2D eigenvalue weighted by molar-refractivity contribution is 0.229. The second-order valence-electron chi connectivity index (χ2n) is 5.11. The fourth-order valence-electron chi connectivity index (χ4n) is 2.27. The van der Waals surface area contributed by atoms with E-state index >= 15 is 0 Å². The van der Waals surface area contributed by atoms with Crippen LogP contribution in [-0.2, 0) is 5.54 Å². The number of nitrogens with zero attached hydrogens (tertiary/aromatic N) is 2. The summed E-state index contributed by atoms with van der Waals surface area (Å²) in [4.78, 5) is 5.68. The van der Waals surface area contributed by atoms with Crippen molar-refractivity contribution in [2.24, 2.45) is 5.73 Å². The van der Waals surface area contributed by atoms with E-state index in [4.69, 9.17) is 10.3 Å². The Hall–Kier alpha value is -1.33. The zero-order chi connectivity index (χ0) is 13.5. The van der Waals surface area contributed by atoms with Gasteiger partial charge < -0.3 is 10.3 Å². The normalized spacial score (nSPS) is 17.2. The molecule has 1 aromatic heterocycles. The van der Waals surface area contributed by atoms with E-state index in [0.717, 1.165) is 30.4 Å². The Kier molecular flexibility index (Phi) is 3.11. The molecular weight excluding hydrogens is 258 g/mol. The van der Waals surface area contributed by atoms with Crippen molar-refractivity contribution >= 4 is 11.8 Å². The van der Waals surface area contributed by atoms with Gasteiger partial charge in [-0.1, -0.05) is 11.2 Å². The van der Waals surface area contributed by atoms with Crippen LogP contribution >= 0.6 is 11.8 Å². The molecule has 0 radical (unpaired) electrons. The summed E-state index contributed by atoms with van der Waals surface area (Å²) in [6.07, 6.45) is 5.07. The maximum atomic E-state index is 6.22. The number of hydrogen-bond acceptors (Lipinski definition) is 5. The lowest BCUT2D eigenvalue weighted by Gasteiger charge is -2.34. The molecule has 0 bridgehead atoms. The average Bonchev–Trinajstić information content (AvgIpc) is 2.86. The highest BCUT2D eigenvalue weighted by Crippen LogP contribution is 2.38. The van der Waals surface area contributed by atoms with Crippen molar-refractivity contribution in [3.05, 3.63) is 29.6 Å². The van der Waals surface area contributed by atoms with E-state index in [2.05, 4.69) is 34.6 Å². The Bertz CT molecular complexity index is 604. The smallest absolute Gasteiger partial charge is 0.258 e.